The van der Waals surface area contributed by atoms with Crippen LogP contribution in [-0.4, -0.2) is 22.7 Å². The molecule has 1 aromatic rings. The molecule has 0 spiro atoms. The molecule has 0 amide bonds. The Labute approximate surface area is 93.6 Å². The van der Waals surface area contributed by atoms with Crippen molar-refractivity contribution in [3.05, 3.63) is 35.9 Å². The molecule has 0 heterocycles. The Bertz CT molecular complexity index is 256. The minimum Gasteiger partial charge on any atom is -0.391 e. The minimum absolute atomic E-state index is 0.0736. The fourth-order valence-corrected chi connectivity index (χ4v) is 1.58. The van der Waals surface area contributed by atoms with Crippen LogP contribution in [0.3, 0.4) is 0 Å². The van der Waals surface area contributed by atoms with Gasteiger partial charge in [0.2, 0.25) is 0 Å². The molecule has 82 valence electrons. The van der Waals surface area contributed by atoms with E-state index in [0.717, 1.165) is 12.0 Å². The summed E-state index contributed by atoms with van der Waals surface area (Å²) in [7, 11) is 0.0736. The largest absolute Gasteiger partial charge is 0.433 e. The van der Waals surface area contributed by atoms with Gasteiger partial charge in [0.25, 0.3) is 0 Å². The Hall–Kier alpha value is -0.683. The molecule has 3 nitrogen and oxygen atoms in total. The van der Waals surface area contributed by atoms with E-state index >= 15 is 0 Å². The lowest BCUT2D eigenvalue weighted by atomic mass is 10.2. The van der Waals surface area contributed by atoms with Crippen LogP contribution < -0.4 is 5.73 Å². The van der Waals surface area contributed by atoms with Gasteiger partial charge in [-0.15, -0.1) is 0 Å². The summed E-state index contributed by atoms with van der Waals surface area (Å²) in [6.07, 6.45) is 0.934. The highest BCUT2D eigenvalue weighted by molar-refractivity contribution is 6.17. The van der Waals surface area contributed by atoms with Gasteiger partial charge in [-0.2, -0.15) is 0 Å². The standard InChI is InChI=1S/C11H17NO2Si/c1-2-11(12)9-14-15-13-8-10-6-4-3-5-7-10/h3-7,11H,2,8-9,12H2,1H3. The number of benzene rings is 1. The molecule has 0 bridgehead atoms. The zero-order valence-corrected chi connectivity index (χ0v) is 9.98. The van der Waals surface area contributed by atoms with Gasteiger partial charge < -0.3 is 14.6 Å². The first-order valence-electron chi connectivity index (χ1n) is 5.11. The first-order valence-corrected chi connectivity index (χ1v) is 5.92. The molecule has 2 radical (unpaired) electrons. The molecule has 0 aromatic heterocycles. The molecule has 0 aliphatic carbocycles. The number of rotatable bonds is 7. The van der Waals surface area contributed by atoms with Crippen LogP contribution in [0.5, 0.6) is 0 Å². The smallest absolute Gasteiger partial charge is 0.391 e. The van der Waals surface area contributed by atoms with E-state index in [4.69, 9.17) is 14.6 Å². The van der Waals surface area contributed by atoms with Crippen molar-refractivity contribution in [3.63, 3.8) is 0 Å². The topological polar surface area (TPSA) is 44.5 Å². The molecule has 0 saturated heterocycles. The van der Waals surface area contributed by atoms with Crippen LogP contribution in [0.1, 0.15) is 18.9 Å². The number of hydrogen-bond donors (Lipinski definition) is 1. The average Bonchev–Trinajstić information content (AvgIpc) is 2.29. The second-order valence-electron chi connectivity index (χ2n) is 3.34. The van der Waals surface area contributed by atoms with Crippen molar-refractivity contribution in [1.29, 1.82) is 0 Å². The summed E-state index contributed by atoms with van der Waals surface area (Å²) < 4.78 is 10.7. The van der Waals surface area contributed by atoms with Crippen LogP contribution in [-0.2, 0) is 15.5 Å². The van der Waals surface area contributed by atoms with E-state index in [1.54, 1.807) is 0 Å². The molecule has 2 N–H and O–H groups in total. The molecule has 15 heavy (non-hydrogen) atoms. The van der Waals surface area contributed by atoms with E-state index in [2.05, 4.69) is 0 Å². The van der Waals surface area contributed by atoms with Crippen LogP contribution in [0.4, 0.5) is 0 Å². The predicted molar refractivity (Wildman–Crippen MR) is 61.2 cm³/mol. The summed E-state index contributed by atoms with van der Waals surface area (Å²) in [5, 5.41) is 0. The van der Waals surface area contributed by atoms with E-state index < -0.39 is 0 Å². The van der Waals surface area contributed by atoms with Crippen LogP contribution in [0.2, 0.25) is 0 Å². The minimum atomic E-state index is 0.0736. The van der Waals surface area contributed by atoms with Gasteiger partial charge in [-0.3, -0.25) is 0 Å². The Morgan fingerprint density at radius 2 is 2.00 bits per heavy atom. The molecule has 1 aromatic carbocycles. The van der Waals surface area contributed by atoms with Crippen molar-refractivity contribution in [2.45, 2.75) is 26.0 Å². The van der Waals surface area contributed by atoms with Gasteiger partial charge in [0.1, 0.15) is 0 Å². The highest BCUT2D eigenvalue weighted by Gasteiger charge is 2.00. The summed E-state index contributed by atoms with van der Waals surface area (Å²) in [6, 6.07) is 10.2. The number of nitrogens with two attached hydrogens (primary N) is 1. The van der Waals surface area contributed by atoms with E-state index in [9.17, 15) is 0 Å². The van der Waals surface area contributed by atoms with Gasteiger partial charge in [0.15, 0.2) is 0 Å². The molecule has 1 rings (SSSR count). The maximum absolute atomic E-state index is 5.69. The highest BCUT2D eigenvalue weighted by atomic mass is 28.3. The maximum atomic E-state index is 5.69. The van der Waals surface area contributed by atoms with Gasteiger partial charge in [-0.05, 0) is 12.0 Å². The van der Waals surface area contributed by atoms with E-state index in [0.29, 0.717) is 13.2 Å². The predicted octanol–water partition coefficient (Wildman–Crippen LogP) is 1.49. The third kappa shape index (κ3) is 5.69. The first kappa shape index (κ1) is 12.4. The molecular weight excluding hydrogens is 206 g/mol. The van der Waals surface area contributed by atoms with Crippen molar-refractivity contribution >= 4 is 10.0 Å². The SMILES string of the molecule is CCC(N)CO[Si]OCc1ccccc1. The van der Waals surface area contributed by atoms with Crippen LogP contribution in [0.15, 0.2) is 30.3 Å². The van der Waals surface area contributed by atoms with Gasteiger partial charge in [0, 0.05) is 6.04 Å². The normalized spacial score (nSPS) is 12.7. The Balaban J connectivity index is 2.03. The van der Waals surface area contributed by atoms with Crippen molar-refractivity contribution in [2.24, 2.45) is 5.73 Å². The molecule has 1 atom stereocenters. The molecular formula is C11H17NO2Si. The summed E-state index contributed by atoms with van der Waals surface area (Å²) in [5.74, 6) is 0. The third-order valence-electron chi connectivity index (χ3n) is 2.02. The van der Waals surface area contributed by atoms with Crippen molar-refractivity contribution in [2.75, 3.05) is 6.61 Å². The molecule has 0 saturated carbocycles. The molecule has 0 aliphatic heterocycles. The fourth-order valence-electron chi connectivity index (χ4n) is 0.988. The Morgan fingerprint density at radius 1 is 1.27 bits per heavy atom. The summed E-state index contributed by atoms with van der Waals surface area (Å²) >= 11 is 0. The fraction of sp³-hybridized carbons (Fsp3) is 0.455. The summed E-state index contributed by atoms with van der Waals surface area (Å²) in [4.78, 5) is 0. The lowest BCUT2D eigenvalue weighted by Gasteiger charge is -2.08. The van der Waals surface area contributed by atoms with Gasteiger partial charge in [-0.25, -0.2) is 0 Å². The van der Waals surface area contributed by atoms with E-state index in [-0.39, 0.29) is 16.0 Å². The maximum Gasteiger partial charge on any atom is 0.433 e. The average molecular weight is 223 g/mol. The van der Waals surface area contributed by atoms with Gasteiger partial charge >= 0.3 is 10.0 Å². The number of hydrogen-bond acceptors (Lipinski definition) is 3. The van der Waals surface area contributed by atoms with Gasteiger partial charge in [-0.1, -0.05) is 37.3 Å². The third-order valence-corrected chi connectivity index (χ3v) is 2.57. The summed E-state index contributed by atoms with van der Waals surface area (Å²) in [5.41, 5.74) is 6.85. The van der Waals surface area contributed by atoms with E-state index in [1.165, 1.54) is 0 Å². The van der Waals surface area contributed by atoms with Crippen LogP contribution in [0.25, 0.3) is 0 Å². The van der Waals surface area contributed by atoms with Crippen LogP contribution in [0, 0.1) is 0 Å². The summed E-state index contributed by atoms with van der Waals surface area (Å²) in [6.45, 7) is 3.21. The lowest BCUT2D eigenvalue weighted by molar-refractivity contribution is 0.202. The first-order chi connectivity index (χ1) is 7.33. The second kappa shape index (κ2) is 7.59. The molecule has 1 unspecified atom stereocenters. The van der Waals surface area contributed by atoms with Gasteiger partial charge in [0.05, 0.1) is 13.2 Å². The van der Waals surface area contributed by atoms with E-state index in [1.807, 2.05) is 37.3 Å². The Morgan fingerprint density at radius 3 is 2.67 bits per heavy atom. The molecule has 4 heteroatoms. The highest BCUT2D eigenvalue weighted by Crippen LogP contribution is 1.99. The lowest BCUT2D eigenvalue weighted by Crippen LogP contribution is -2.26. The van der Waals surface area contributed by atoms with Crippen molar-refractivity contribution < 1.29 is 8.85 Å². The quantitative estimate of drug-likeness (QED) is 0.562. The molecule has 0 aliphatic rings. The van der Waals surface area contributed by atoms with Crippen LogP contribution >= 0.6 is 0 Å². The van der Waals surface area contributed by atoms with Crippen molar-refractivity contribution in [3.8, 4) is 0 Å². The monoisotopic (exact) mass is 223 g/mol. The zero-order chi connectivity index (χ0) is 10.9. The zero-order valence-electron chi connectivity index (χ0n) is 8.98. The molecule has 0 fully saturated rings. The second-order valence-corrected chi connectivity index (χ2v) is 4.08. The Kier molecular flexibility index (Phi) is 6.27. The van der Waals surface area contributed by atoms with Crippen molar-refractivity contribution in [1.82, 2.24) is 0 Å².